The van der Waals surface area contributed by atoms with E-state index < -0.39 is 5.97 Å². The molecule has 2 N–H and O–H groups in total. The van der Waals surface area contributed by atoms with E-state index in [1.165, 1.54) is 12.1 Å². The van der Waals surface area contributed by atoms with Gasteiger partial charge in [0.15, 0.2) is 5.82 Å². The number of nitrogens with one attached hydrogen (secondary N) is 1. The van der Waals surface area contributed by atoms with E-state index in [1.807, 2.05) is 0 Å². The lowest BCUT2D eigenvalue weighted by atomic mass is 9.97. The van der Waals surface area contributed by atoms with Crippen molar-refractivity contribution < 1.29 is 19.2 Å². The fourth-order valence-electron chi connectivity index (χ4n) is 2.86. The van der Waals surface area contributed by atoms with E-state index in [1.54, 1.807) is 24.0 Å². The molecule has 0 spiro atoms. The second-order valence-electron chi connectivity index (χ2n) is 6.10. The van der Waals surface area contributed by atoms with Crippen molar-refractivity contribution in [1.82, 2.24) is 20.4 Å². The van der Waals surface area contributed by atoms with E-state index in [-0.39, 0.29) is 17.5 Å². The Bertz CT molecular complexity index is 748. The van der Waals surface area contributed by atoms with Gasteiger partial charge < -0.3 is 19.8 Å². The van der Waals surface area contributed by atoms with Crippen LogP contribution in [-0.4, -0.2) is 45.2 Å². The second-order valence-corrected chi connectivity index (χ2v) is 6.10. The minimum atomic E-state index is -0.963. The summed E-state index contributed by atoms with van der Waals surface area (Å²) in [5, 5.41) is 15.6. The van der Waals surface area contributed by atoms with Crippen LogP contribution < -0.4 is 5.32 Å². The van der Waals surface area contributed by atoms with Crippen molar-refractivity contribution in [2.24, 2.45) is 0 Å². The van der Waals surface area contributed by atoms with Gasteiger partial charge in [-0.05, 0) is 37.5 Å². The van der Waals surface area contributed by atoms with Gasteiger partial charge in [-0.3, -0.25) is 0 Å². The average molecular weight is 344 g/mol. The van der Waals surface area contributed by atoms with Gasteiger partial charge in [0.2, 0.25) is 5.89 Å². The van der Waals surface area contributed by atoms with Crippen LogP contribution in [0.25, 0.3) is 0 Å². The monoisotopic (exact) mass is 344 g/mol. The normalized spacial score (nSPS) is 15.2. The molecule has 0 saturated carbocycles. The molecule has 8 nitrogen and oxygen atoms in total. The van der Waals surface area contributed by atoms with E-state index in [4.69, 9.17) is 9.63 Å². The number of nitrogens with zero attached hydrogens (tertiary/aromatic N) is 3. The van der Waals surface area contributed by atoms with E-state index >= 15 is 0 Å². The van der Waals surface area contributed by atoms with Crippen LogP contribution in [0.15, 0.2) is 28.8 Å². The van der Waals surface area contributed by atoms with Crippen LogP contribution in [0.1, 0.15) is 46.4 Å². The van der Waals surface area contributed by atoms with Crippen molar-refractivity contribution in [1.29, 1.82) is 0 Å². The van der Waals surface area contributed by atoms with E-state index in [0.29, 0.717) is 31.3 Å². The standard InChI is InChI=1S/C17H20N4O4/c1-11-19-15(25-20-11)13-6-8-21(9-7-13)17(24)18-10-12-2-4-14(5-3-12)16(22)23/h2-5,13H,6-10H2,1H3,(H,18,24)(H,22,23). The Hall–Kier alpha value is -2.90. The van der Waals surface area contributed by atoms with Gasteiger partial charge in [0.25, 0.3) is 0 Å². The Kier molecular flexibility index (Phi) is 4.97. The van der Waals surface area contributed by atoms with E-state index in [2.05, 4.69) is 15.5 Å². The van der Waals surface area contributed by atoms with Gasteiger partial charge in [-0.1, -0.05) is 17.3 Å². The zero-order valence-corrected chi connectivity index (χ0v) is 13.9. The lowest BCUT2D eigenvalue weighted by molar-refractivity contribution is 0.0697. The Morgan fingerprint density at radius 2 is 1.96 bits per heavy atom. The zero-order valence-electron chi connectivity index (χ0n) is 13.9. The van der Waals surface area contributed by atoms with Crippen LogP contribution in [0, 0.1) is 6.92 Å². The Labute approximate surface area is 144 Å². The maximum atomic E-state index is 12.3. The highest BCUT2D eigenvalue weighted by atomic mass is 16.5. The molecule has 132 valence electrons. The molecular formula is C17H20N4O4. The maximum Gasteiger partial charge on any atom is 0.335 e. The summed E-state index contributed by atoms with van der Waals surface area (Å²) >= 11 is 0. The molecule has 0 radical (unpaired) electrons. The number of carboxylic acids is 1. The van der Waals surface area contributed by atoms with Crippen LogP contribution in [-0.2, 0) is 6.54 Å². The summed E-state index contributed by atoms with van der Waals surface area (Å²) in [4.78, 5) is 29.1. The molecule has 1 saturated heterocycles. The molecule has 8 heteroatoms. The summed E-state index contributed by atoms with van der Waals surface area (Å²) in [5.41, 5.74) is 1.09. The molecule has 1 aromatic heterocycles. The SMILES string of the molecule is Cc1noc(C2CCN(C(=O)NCc3ccc(C(=O)O)cc3)CC2)n1. The summed E-state index contributed by atoms with van der Waals surface area (Å²) < 4.78 is 5.21. The first-order valence-electron chi connectivity index (χ1n) is 8.18. The molecule has 0 bridgehead atoms. The summed E-state index contributed by atoms with van der Waals surface area (Å²) in [5.74, 6) is 0.517. The van der Waals surface area contributed by atoms with Crippen LogP contribution >= 0.6 is 0 Å². The molecular weight excluding hydrogens is 324 g/mol. The quantitative estimate of drug-likeness (QED) is 0.880. The average Bonchev–Trinajstić information content (AvgIpc) is 3.06. The van der Waals surface area contributed by atoms with E-state index in [9.17, 15) is 9.59 Å². The predicted octanol–water partition coefficient (Wildman–Crippen LogP) is 2.17. The minimum absolute atomic E-state index is 0.123. The highest BCUT2D eigenvalue weighted by Crippen LogP contribution is 2.26. The van der Waals surface area contributed by atoms with Crippen LogP contribution in [0.2, 0.25) is 0 Å². The number of piperidine rings is 1. The van der Waals surface area contributed by atoms with Crippen molar-refractivity contribution in [3.05, 3.63) is 47.1 Å². The largest absolute Gasteiger partial charge is 0.478 e. The number of aromatic carboxylic acids is 1. The fourth-order valence-corrected chi connectivity index (χ4v) is 2.86. The van der Waals surface area contributed by atoms with Gasteiger partial charge in [0.05, 0.1) is 5.56 Å². The number of carbonyl (C=O) groups is 2. The molecule has 2 aromatic rings. The number of carbonyl (C=O) groups excluding carboxylic acids is 1. The van der Waals surface area contributed by atoms with Crippen LogP contribution in [0.3, 0.4) is 0 Å². The molecule has 25 heavy (non-hydrogen) atoms. The number of rotatable bonds is 4. The summed E-state index contributed by atoms with van der Waals surface area (Å²) in [7, 11) is 0. The summed E-state index contributed by atoms with van der Waals surface area (Å²) in [6, 6.07) is 6.34. The van der Waals surface area contributed by atoms with Crippen molar-refractivity contribution >= 4 is 12.0 Å². The summed E-state index contributed by atoms with van der Waals surface area (Å²) in [6.07, 6.45) is 1.59. The molecule has 1 aliphatic heterocycles. The summed E-state index contributed by atoms with van der Waals surface area (Å²) in [6.45, 7) is 3.42. The van der Waals surface area contributed by atoms with Crippen molar-refractivity contribution in [3.8, 4) is 0 Å². The molecule has 1 fully saturated rings. The smallest absolute Gasteiger partial charge is 0.335 e. The lowest BCUT2D eigenvalue weighted by Crippen LogP contribution is -2.43. The number of hydrogen-bond acceptors (Lipinski definition) is 5. The third-order valence-electron chi connectivity index (χ3n) is 4.32. The number of benzene rings is 1. The van der Waals surface area contributed by atoms with Gasteiger partial charge in [0.1, 0.15) is 0 Å². The van der Waals surface area contributed by atoms with Crippen LogP contribution in [0.5, 0.6) is 0 Å². The molecule has 0 unspecified atom stereocenters. The van der Waals surface area contributed by atoms with Gasteiger partial charge in [-0.25, -0.2) is 9.59 Å². The van der Waals surface area contributed by atoms with Crippen molar-refractivity contribution in [2.75, 3.05) is 13.1 Å². The molecule has 2 heterocycles. The second kappa shape index (κ2) is 7.33. The number of aryl methyl sites for hydroxylation is 1. The number of aromatic nitrogens is 2. The molecule has 1 aromatic carbocycles. The third kappa shape index (κ3) is 4.14. The third-order valence-corrected chi connectivity index (χ3v) is 4.32. The Balaban J connectivity index is 1.47. The van der Waals surface area contributed by atoms with E-state index in [0.717, 1.165) is 18.4 Å². The maximum absolute atomic E-state index is 12.3. The van der Waals surface area contributed by atoms with Gasteiger partial charge in [-0.15, -0.1) is 0 Å². The van der Waals surface area contributed by atoms with Gasteiger partial charge in [-0.2, -0.15) is 4.98 Å². The van der Waals surface area contributed by atoms with Gasteiger partial charge >= 0.3 is 12.0 Å². The molecule has 1 aliphatic rings. The molecule has 0 atom stereocenters. The predicted molar refractivity (Wildman–Crippen MR) is 88.2 cm³/mol. The first-order valence-corrected chi connectivity index (χ1v) is 8.18. The number of carboxylic acid groups (broad SMARTS) is 1. The number of hydrogen-bond donors (Lipinski definition) is 2. The number of likely N-dealkylation sites (tertiary alicyclic amines) is 1. The van der Waals surface area contributed by atoms with Gasteiger partial charge in [0, 0.05) is 25.6 Å². The Morgan fingerprint density at radius 1 is 1.28 bits per heavy atom. The zero-order chi connectivity index (χ0) is 17.8. The van der Waals surface area contributed by atoms with Crippen molar-refractivity contribution in [2.45, 2.75) is 32.2 Å². The lowest BCUT2D eigenvalue weighted by Gasteiger charge is -2.30. The molecule has 0 aliphatic carbocycles. The number of amides is 2. The highest BCUT2D eigenvalue weighted by Gasteiger charge is 2.27. The molecule has 2 amide bonds. The fraction of sp³-hybridized carbons (Fsp3) is 0.412. The highest BCUT2D eigenvalue weighted by molar-refractivity contribution is 5.87. The first-order chi connectivity index (χ1) is 12.0. The topological polar surface area (TPSA) is 109 Å². The number of urea groups is 1. The minimum Gasteiger partial charge on any atom is -0.478 e. The Morgan fingerprint density at radius 3 is 2.52 bits per heavy atom. The van der Waals surface area contributed by atoms with Crippen molar-refractivity contribution in [3.63, 3.8) is 0 Å². The van der Waals surface area contributed by atoms with Crippen LogP contribution in [0.4, 0.5) is 4.79 Å². The first kappa shape index (κ1) is 16.9. The molecule has 3 rings (SSSR count).